The van der Waals surface area contributed by atoms with Crippen LogP contribution in [-0.4, -0.2) is 26.7 Å². The average Bonchev–Trinajstić information content (AvgIpc) is 3.16. The Hall–Kier alpha value is -2.63. The summed E-state index contributed by atoms with van der Waals surface area (Å²) in [7, 11) is 0. The van der Waals surface area contributed by atoms with Crippen molar-refractivity contribution >= 4 is 16.9 Å². The molecule has 0 radical (unpaired) electrons. The van der Waals surface area contributed by atoms with Crippen molar-refractivity contribution in [2.75, 3.05) is 0 Å². The topological polar surface area (TPSA) is 73.0 Å². The first kappa shape index (κ1) is 14.9. The molecule has 3 heterocycles. The number of amides is 1. The lowest BCUT2D eigenvalue weighted by Crippen LogP contribution is -2.41. The van der Waals surface area contributed by atoms with Crippen LogP contribution in [0.3, 0.4) is 0 Å². The fraction of sp³-hybridized carbons (Fsp3) is 0.389. The minimum Gasteiger partial charge on any atom is -0.461 e. The number of hydrogen-bond donors (Lipinski definition) is 1. The number of nitrogens with zero attached hydrogens (tertiary/aromatic N) is 3. The Bertz CT molecular complexity index is 847. The van der Waals surface area contributed by atoms with E-state index in [4.69, 9.17) is 4.42 Å². The summed E-state index contributed by atoms with van der Waals surface area (Å²) in [6, 6.07) is 10.1. The van der Waals surface area contributed by atoms with E-state index in [1.807, 2.05) is 37.3 Å². The number of hydrogen-bond acceptors (Lipinski definition) is 4. The van der Waals surface area contributed by atoms with Gasteiger partial charge >= 0.3 is 0 Å². The highest BCUT2D eigenvalue weighted by Crippen LogP contribution is 2.20. The molecule has 0 saturated heterocycles. The second-order valence-electron chi connectivity index (χ2n) is 6.33. The van der Waals surface area contributed by atoms with E-state index in [0.717, 1.165) is 47.8 Å². The first-order valence-corrected chi connectivity index (χ1v) is 8.34. The van der Waals surface area contributed by atoms with Gasteiger partial charge in [-0.15, -0.1) is 10.2 Å². The number of nitrogens with one attached hydrogen (secondary N) is 1. The molecule has 24 heavy (non-hydrogen) atoms. The molecule has 0 bridgehead atoms. The van der Waals surface area contributed by atoms with E-state index in [-0.39, 0.29) is 11.9 Å². The van der Waals surface area contributed by atoms with Crippen molar-refractivity contribution in [2.24, 2.45) is 0 Å². The van der Waals surface area contributed by atoms with Crippen molar-refractivity contribution in [2.45, 2.75) is 45.2 Å². The number of carbonyl (C=O) groups excluding carboxylic acids is 1. The van der Waals surface area contributed by atoms with E-state index in [9.17, 15) is 4.79 Å². The van der Waals surface area contributed by atoms with Crippen LogP contribution in [-0.2, 0) is 24.2 Å². The molecule has 2 aromatic heterocycles. The largest absolute Gasteiger partial charge is 0.461 e. The first-order chi connectivity index (χ1) is 11.7. The van der Waals surface area contributed by atoms with Gasteiger partial charge in [0.25, 0.3) is 0 Å². The summed E-state index contributed by atoms with van der Waals surface area (Å²) >= 11 is 0. The Morgan fingerprint density at radius 1 is 1.38 bits per heavy atom. The lowest BCUT2D eigenvalue weighted by Gasteiger charge is -2.24. The van der Waals surface area contributed by atoms with Gasteiger partial charge in [-0.3, -0.25) is 4.79 Å². The second kappa shape index (κ2) is 6.11. The van der Waals surface area contributed by atoms with Gasteiger partial charge in [-0.05, 0) is 25.5 Å². The molecular weight excluding hydrogens is 304 g/mol. The summed E-state index contributed by atoms with van der Waals surface area (Å²) in [4.78, 5) is 12.2. The fourth-order valence-corrected chi connectivity index (χ4v) is 3.28. The number of benzene rings is 1. The molecule has 1 aromatic carbocycles. The highest BCUT2D eigenvalue weighted by atomic mass is 16.3. The monoisotopic (exact) mass is 324 g/mol. The summed E-state index contributed by atoms with van der Waals surface area (Å²) in [6.07, 6.45) is 2.82. The van der Waals surface area contributed by atoms with Gasteiger partial charge in [0, 0.05) is 37.2 Å². The molecule has 3 aromatic rings. The number of furan rings is 1. The van der Waals surface area contributed by atoms with Crippen LogP contribution in [0.4, 0.5) is 0 Å². The van der Waals surface area contributed by atoms with Crippen molar-refractivity contribution in [3.8, 4) is 0 Å². The summed E-state index contributed by atoms with van der Waals surface area (Å²) < 4.78 is 7.85. The smallest absolute Gasteiger partial charge is 0.220 e. The van der Waals surface area contributed by atoms with Crippen LogP contribution >= 0.6 is 0 Å². The van der Waals surface area contributed by atoms with Crippen LogP contribution in [0.5, 0.6) is 0 Å². The molecular formula is C18H20N4O2. The summed E-state index contributed by atoms with van der Waals surface area (Å²) in [5, 5.41) is 12.5. The number of rotatable bonds is 4. The first-order valence-electron chi connectivity index (χ1n) is 8.34. The summed E-state index contributed by atoms with van der Waals surface area (Å²) in [5.74, 6) is 2.84. The molecule has 1 atom stereocenters. The van der Waals surface area contributed by atoms with E-state index >= 15 is 0 Å². The molecule has 1 amide bonds. The molecule has 124 valence electrons. The zero-order chi connectivity index (χ0) is 16.5. The number of aryl methyl sites for hydroxylation is 3. The minimum absolute atomic E-state index is 0.0645. The van der Waals surface area contributed by atoms with Crippen LogP contribution in [0.1, 0.15) is 30.3 Å². The average molecular weight is 324 g/mol. The second-order valence-corrected chi connectivity index (χ2v) is 6.33. The van der Waals surface area contributed by atoms with Gasteiger partial charge in [-0.1, -0.05) is 18.2 Å². The zero-order valence-electron chi connectivity index (χ0n) is 13.7. The third kappa shape index (κ3) is 2.91. The Morgan fingerprint density at radius 3 is 3.12 bits per heavy atom. The SMILES string of the molecule is Cc1nnc2n1CC(NC(=O)CCc1cc3ccccc3o1)CC2. The van der Waals surface area contributed by atoms with Crippen molar-refractivity contribution < 1.29 is 9.21 Å². The van der Waals surface area contributed by atoms with Crippen LogP contribution in [0.15, 0.2) is 34.7 Å². The lowest BCUT2D eigenvalue weighted by atomic mass is 10.1. The van der Waals surface area contributed by atoms with Gasteiger partial charge in [-0.2, -0.15) is 0 Å². The maximum atomic E-state index is 12.2. The minimum atomic E-state index is 0.0645. The number of carbonyl (C=O) groups is 1. The summed E-state index contributed by atoms with van der Waals surface area (Å²) in [5.41, 5.74) is 0.871. The maximum Gasteiger partial charge on any atom is 0.220 e. The standard InChI is InChI=1S/C18H20N4O2/c1-12-20-21-17-8-6-14(11-22(12)17)19-18(23)9-7-15-10-13-4-2-3-5-16(13)24-15/h2-5,10,14H,6-9,11H2,1H3,(H,19,23). The highest BCUT2D eigenvalue weighted by Gasteiger charge is 2.22. The van der Waals surface area contributed by atoms with Crippen molar-refractivity contribution in [1.29, 1.82) is 0 Å². The van der Waals surface area contributed by atoms with Crippen LogP contribution in [0.25, 0.3) is 11.0 Å². The fourth-order valence-electron chi connectivity index (χ4n) is 3.28. The van der Waals surface area contributed by atoms with Crippen LogP contribution in [0, 0.1) is 6.92 Å². The molecule has 1 aliphatic rings. The third-order valence-electron chi connectivity index (χ3n) is 4.57. The Balaban J connectivity index is 1.33. The Labute approximate surface area is 139 Å². The van der Waals surface area contributed by atoms with E-state index in [1.165, 1.54) is 0 Å². The predicted molar refractivity (Wildman–Crippen MR) is 89.5 cm³/mol. The van der Waals surface area contributed by atoms with E-state index < -0.39 is 0 Å². The molecule has 0 spiro atoms. The van der Waals surface area contributed by atoms with Crippen molar-refractivity contribution in [1.82, 2.24) is 20.1 Å². The van der Waals surface area contributed by atoms with Gasteiger partial charge in [0.15, 0.2) is 0 Å². The van der Waals surface area contributed by atoms with Crippen LogP contribution < -0.4 is 5.32 Å². The number of fused-ring (bicyclic) bond motifs is 2. The molecule has 6 heteroatoms. The molecule has 4 rings (SSSR count). The number of aromatic nitrogens is 3. The van der Waals surface area contributed by atoms with Crippen LogP contribution in [0.2, 0.25) is 0 Å². The Morgan fingerprint density at radius 2 is 2.25 bits per heavy atom. The van der Waals surface area contributed by atoms with E-state index in [2.05, 4.69) is 20.1 Å². The third-order valence-corrected chi connectivity index (χ3v) is 4.57. The Kier molecular flexibility index (Phi) is 3.80. The van der Waals surface area contributed by atoms with E-state index in [1.54, 1.807) is 0 Å². The molecule has 1 N–H and O–H groups in total. The van der Waals surface area contributed by atoms with Gasteiger partial charge < -0.3 is 14.3 Å². The van der Waals surface area contributed by atoms with Gasteiger partial charge in [0.2, 0.25) is 5.91 Å². The normalized spacial score (nSPS) is 17.0. The van der Waals surface area contributed by atoms with Gasteiger partial charge in [-0.25, -0.2) is 0 Å². The highest BCUT2D eigenvalue weighted by molar-refractivity contribution is 5.79. The number of para-hydroxylation sites is 1. The quantitative estimate of drug-likeness (QED) is 0.800. The molecule has 0 fully saturated rings. The van der Waals surface area contributed by atoms with Crippen molar-refractivity contribution in [3.63, 3.8) is 0 Å². The van der Waals surface area contributed by atoms with Gasteiger partial charge in [0.05, 0.1) is 0 Å². The molecule has 1 unspecified atom stereocenters. The zero-order valence-corrected chi connectivity index (χ0v) is 13.7. The van der Waals surface area contributed by atoms with E-state index in [0.29, 0.717) is 12.8 Å². The lowest BCUT2D eigenvalue weighted by molar-refractivity contribution is -0.122. The molecule has 0 saturated carbocycles. The molecule has 6 nitrogen and oxygen atoms in total. The van der Waals surface area contributed by atoms with Gasteiger partial charge in [0.1, 0.15) is 23.0 Å². The summed E-state index contributed by atoms with van der Waals surface area (Å²) in [6.45, 7) is 2.70. The predicted octanol–water partition coefficient (Wildman–Crippen LogP) is 2.40. The maximum absolute atomic E-state index is 12.2. The molecule has 0 aliphatic carbocycles. The molecule has 1 aliphatic heterocycles. The van der Waals surface area contributed by atoms with Crippen molar-refractivity contribution in [3.05, 3.63) is 47.7 Å².